The summed E-state index contributed by atoms with van der Waals surface area (Å²) in [5.74, 6) is -2.09. The molecule has 4 aromatic rings. The Hall–Kier alpha value is -4.12. The average Bonchev–Trinajstić information content (AvgIpc) is 2.95. The maximum Gasteiger partial charge on any atom is 0.248 e. The van der Waals surface area contributed by atoms with Crippen LogP contribution in [0, 0.1) is 5.82 Å². The first-order valence-corrected chi connectivity index (χ1v) is 13.7. The molecule has 4 rings (SSSR count). The number of amides is 2. The predicted octanol–water partition coefficient (Wildman–Crippen LogP) is 3.79. The second-order valence-corrected chi connectivity index (χ2v) is 10.4. The summed E-state index contributed by atoms with van der Waals surface area (Å²) >= 11 is 0. The molecule has 10 heteroatoms. The quantitative estimate of drug-likeness (QED) is 0.277. The van der Waals surface area contributed by atoms with Crippen LogP contribution in [-0.2, 0) is 24.3 Å². The van der Waals surface area contributed by atoms with Crippen LogP contribution in [0.25, 0.3) is 10.8 Å². The number of halogens is 1. The number of carbonyl (C=O) groups excluding carboxylic acids is 2. The van der Waals surface area contributed by atoms with Crippen LogP contribution in [0.5, 0.6) is 0 Å². The van der Waals surface area contributed by atoms with Gasteiger partial charge in [-0.3, -0.25) is 14.5 Å². The zero-order valence-electron chi connectivity index (χ0n) is 21.2. The number of methoxy groups -OCH3 is 1. The van der Waals surface area contributed by atoms with Gasteiger partial charge in [-0.1, -0.05) is 72.8 Å². The van der Waals surface area contributed by atoms with E-state index in [1.54, 1.807) is 48.5 Å². The Bertz CT molecular complexity index is 1560. The molecule has 0 aliphatic rings. The lowest BCUT2D eigenvalue weighted by Crippen LogP contribution is -2.48. The second kappa shape index (κ2) is 12.6. The molecule has 0 unspecified atom stereocenters. The van der Waals surface area contributed by atoms with Crippen LogP contribution in [0.4, 0.5) is 10.1 Å². The number of hydrogen-bond donors (Lipinski definition) is 2. The normalized spacial score (nSPS) is 12.2. The number of sulfonamides is 1. The largest absolute Gasteiger partial charge is 0.383 e. The Morgan fingerprint density at radius 3 is 2.31 bits per heavy atom. The highest BCUT2D eigenvalue weighted by Gasteiger charge is 2.35. The molecule has 0 saturated heterocycles. The molecule has 0 bridgehead atoms. The van der Waals surface area contributed by atoms with E-state index in [1.807, 2.05) is 18.2 Å². The van der Waals surface area contributed by atoms with Crippen molar-refractivity contribution >= 4 is 38.3 Å². The molecule has 1 atom stereocenters. The highest BCUT2D eigenvalue weighted by atomic mass is 32.2. The smallest absolute Gasteiger partial charge is 0.248 e. The zero-order valence-corrected chi connectivity index (χ0v) is 22.0. The van der Waals surface area contributed by atoms with Gasteiger partial charge in [0.05, 0.1) is 23.7 Å². The summed E-state index contributed by atoms with van der Waals surface area (Å²) in [5.41, 5.74) is 0.284. The third kappa shape index (κ3) is 6.48. The van der Waals surface area contributed by atoms with Gasteiger partial charge in [-0.05, 0) is 29.7 Å². The number of ether oxygens (including phenoxy) is 1. The van der Waals surface area contributed by atoms with Crippen LogP contribution >= 0.6 is 0 Å². The lowest BCUT2D eigenvalue weighted by Gasteiger charge is -2.32. The molecule has 0 saturated carbocycles. The molecule has 0 heterocycles. The van der Waals surface area contributed by atoms with Gasteiger partial charge in [0.1, 0.15) is 11.9 Å². The Morgan fingerprint density at radius 1 is 0.897 bits per heavy atom. The summed E-state index contributed by atoms with van der Waals surface area (Å²) in [5, 5.41) is 4.11. The number of carbonyl (C=O) groups is 2. The molecule has 0 aliphatic heterocycles. The van der Waals surface area contributed by atoms with Crippen LogP contribution in [-0.4, -0.2) is 47.0 Å². The monoisotopic (exact) mass is 549 g/mol. The summed E-state index contributed by atoms with van der Waals surface area (Å²) in [7, 11) is -2.56. The Balaban J connectivity index is 1.81. The van der Waals surface area contributed by atoms with Crippen LogP contribution in [0.3, 0.4) is 0 Å². The van der Waals surface area contributed by atoms with Crippen molar-refractivity contribution in [3.63, 3.8) is 0 Å². The topological polar surface area (TPSA) is 105 Å². The number of anilines is 1. The number of nitrogens with zero attached hydrogens (tertiary/aromatic N) is 1. The van der Waals surface area contributed by atoms with E-state index in [0.29, 0.717) is 11.1 Å². The standard InChI is InChI=1S/C29H28FN3O5S/c1-38-19-18-31-29(35)28(24-15-7-8-16-25(24)30)33(26-17-9-11-21-10-5-6-14-23(21)26)27(34)20-32-39(36,37)22-12-3-2-4-13-22/h2-17,28,32H,18-20H2,1H3,(H,31,35)/t28-/m1/s1. The fraction of sp³-hybridized carbons (Fsp3) is 0.172. The summed E-state index contributed by atoms with van der Waals surface area (Å²) < 4.78 is 48.3. The van der Waals surface area contributed by atoms with Crippen LogP contribution < -0.4 is 14.9 Å². The molecule has 0 radical (unpaired) electrons. The van der Waals surface area contributed by atoms with E-state index in [4.69, 9.17) is 4.74 Å². The van der Waals surface area contributed by atoms with Gasteiger partial charge in [-0.25, -0.2) is 17.5 Å². The van der Waals surface area contributed by atoms with Crippen LogP contribution in [0.1, 0.15) is 11.6 Å². The number of nitrogens with one attached hydrogen (secondary N) is 2. The molecule has 0 aromatic heterocycles. The van der Waals surface area contributed by atoms with Crippen molar-refractivity contribution in [2.75, 3.05) is 31.7 Å². The summed E-state index contributed by atoms with van der Waals surface area (Å²) in [6, 6.07) is 24.3. The van der Waals surface area contributed by atoms with Crippen LogP contribution in [0.15, 0.2) is 102 Å². The maximum absolute atomic E-state index is 15.2. The van der Waals surface area contributed by atoms with Gasteiger partial charge in [0.2, 0.25) is 21.8 Å². The highest BCUT2D eigenvalue weighted by molar-refractivity contribution is 7.89. The fourth-order valence-electron chi connectivity index (χ4n) is 4.23. The van der Waals surface area contributed by atoms with E-state index in [2.05, 4.69) is 10.0 Å². The number of fused-ring (bicyclic) bond motifs is 1. The van der Waals surface area contributed by atoms with Crippen molar-refractivity contribution < 1.29 is 27.1 Å². The molecule has 202 valence electrons. The highest BCUT2D eigenvalue weighted by Crippen LogP contribution is 2.34. The number of benzene rings is 4. The van der Waals surface area contributed by atoms with Gasteiger partial charge in [0.25, 0.3) is 0 Å². The number of hydrogen-bond acceptors (Lipinski definition) is 5. The van der Waals surface area contributed by atoms with Gasteiger partial charge in [0, 0.05) is 24.6 Å². The molecule has 0 fully saturated rings. The summed E-state index contributed by atoms with van der Waals surface area (Å²) in [4.78, 5) is 28.6. The van der Waals surface area contributed by atoms with Gasteiger partial charge >= 0.3 is 0 Å². The first kappa shape index (κ1) is 27.9. The minimum Gasteiger partial charge on any atom is -0.383 e. The van der Waals surface area contributed by atoms with E-state index in [9.17, 15) is 18.0 Å². The average molecular weight is 550 g/mol. The first-order chi connectivity index (χ1) is 18.8. The molecule has 8 nitrogen and oxygen atoms in total. The number of rotatable bonds is 11. The maximum atomic E-state index is 15.2. The molecular weight excluding hydrogens is 521 g/mol. The minimum absolute atomic E-state index is 0.0162. The molecule has 2 amide bonds. The van der Waals surface area contributed by atoms with E-state index in [0.717, 1.165) is 10.3 Å². The minimum atomic E-state index is -4.04. The fourth-order valence-corrected chi connectivity index (χ4v) is 5.22. The van der Waals surface area contributed by atoms with Gasteiger partial charge < -0.3 is 10.1 Å². The molecule has 0 spiro atoms. The molecule has 0 aliphatic carbocycles. The lowest BCUT2D eigenvalue weighted by atomic mass is 10.00. The van der Waals surface area contributed by atoms with Crippen molar-refractivity contribution in [1.29, 1.82) is 0 Å². The van der Waals surface area contributed by atoms with Crippen molar-refractivity contribution in [3.8, 4) is 0 Å². The molecule has 2 N–H and O–H groups in total. The lowest BCUT2D eigenvalue weighted by molar-refractivity contribution is -0.126. The Kier molecular flexibility index (Phi) is 9.03. The van der Waals surface area contributed by atoms with Crippen molar-refractivity contribution in [3.05, 3.63) is 108 Å². The Labute approximate surface area is 226 Å². The first-order valence-electron chi connectivity index (χ1n) is 12.2. The summed E-state index contributed by atoms with van der Waals surface area (Å²) in [6.45, 7) is -0.343. The van der Waals surface area contributed by atoms with Crippen LogP contribution in [0.2, 0.25) is 0 Å². The third-order valence-corrected chi connectivity index (χ3v) is 7.49. The van der Waals surface area contributed by atoms with Gasteiger partial charge in [-0.15, -0.1) is 0 Å². The molecular formula is C29H28FN3O5S. The molecule has 39 heavy (non-hydrogen) atoms. The van der Waals surface area contributed by atoms with Crippen molar-refractivity contribution in [1.82, 2.24) is 10.0 Å². The van der Waals surface area contributed by atoms with E-state index < -0.39 is 40.2 Å². The molecule has 4 aromatic carbocycles. The van der Waals surface area contributed by atoms with E-state index in [-0.39, 0.29) is 23.6 Å². The third-order valence-electron chi connectivity index (χ3n) is 6.07. The summed E-state index contributed by atoms with van der Waals surface area (Å²) in [6.07, 6.45) is 0. The second-order valence-electron chi connectivity index (χ2n) is 8.61. The Morgan fingerprint density at radius 2 is 1.56 bits per heavy atom. The SMILES string of the molecule is COCCNC(=O)[C@@H](c1ccccc1F)N(C(=O)CNS(=O)(=O)c1ccccc1)c1cccc2ccccc12. The van der Waals surface area contributed by atoms with Crippen molar-refractivity contribution in [2.45, 2.75) is 10.9 Å². The van der Waals surface area contributed by atoms with Gasteiger partial charge in [-0.2, -0.15) is 0 Å². The van der Waals surface area contributed by atoms with E-state index in [1.165, 1.54) is 37.4 Å². The zero-order chi connectivity index (χ0) is 27.8. The predicted molar refractivity (Wildman–Crippen MR) is 147 cm³/mol. The van der Waals surface area contributed by atoms with E-state index >= 15 is 4.39 Å². The van der Waals surface area contributed by atoms with Crippen molar-refractivity contribution in [2.24, 2.45) is 0 Å². The van der Waals surface area contributed by atoms with Gasteiger partial charge in [0.15, 0.2) is 0 Å².